The standard InChI is InChI=1S/C10H16N2O/c1-10(2,3)8-7-11-12-9(8)5-4-6-13-12/h7H,4-6H2,1-3H3. The van der Waals surface area contributed by atoms with Gasteiger partial charge >= 0.3 is 0 Å². The second-order valence-electron chi connectivity index (χ2n) is 4.56. The average molecular weight is 180 g/mol. The zero-order chi connectivity index (χ0) is 9.47. The minimum absolute atomic E-state index is 0.175. The van der Waals surface area contributed by atoms with Crippen LogP contribution in [0.1, 0.15) is 38.4 Å². The second-order valence-corrected chi connectivity index (χ2v) is 4.56. The van der Waals surface area contributed by atoms with E-state index in [1.165, 1.54) is 11.3 Å². The van der Waals surface area contributed by atoms with Gasteiger partial charge in [0, 0.05) is 5.56 Å². The Balaban J connectivity index is 2.43. The first kappa shape index (κ1) is 8.60. The van der Waals surface area contributed by atoms with Crippen LogP contribution in [0.25, 0.3) is 0 Å². The van der Waals surface area contributed by atoms with Gasteiger partial charge in [-0.1, -0.05) is 20.8 Å². The molecule has 0 bridgehead atoms. The molecule has 0 saturated heterocycles. The molecule has 0 aliphatic carbocycles. The fourth-order valence-electron chi connectivity index (χ4n) is 1.72. The van der Waals surface area contributed by atoms with Gasteiger partial charge in [0.25, 0.3) is 0 Å². The maximum Gasteiger partial charge on any atom is 0.117 e. The highest BCUT2D eigenvalue weighted by molar-refractivity contribution is 5.25. The first-order valence-electron chi connectivity index (χ1n) is 4.80. The number of hydrogen-bond acceptors (Lipinski definition) is 2. The Morgan fingerprint density at radius 2 is 2.23 bits per heavy atom. The molecule has 0 amide bonds. The van der Waals surface area contributed by atoms with E-state index in [0.717, 1.165) is 19.4 Å². The first-order chi connectivity index (χ1) is 6.09. The molecule has 3 heteroatoms. The van der Waals surface area contributed by atoms with E-state index in [1.807, 2.05) is 6.20 Å². The lowest BCUT2D eigenvalue weighted by Gasteiger charge is -2.21. The van der Waals surface area contributed by atoms with Crippen LogP contribution in [0.5, 0.6) is 0 Å². The number of nitrogens with zero attached hydrogens (tertiary/aromatic N) is 2. The molecule has 0 atom stereocenters. The Morgan fingerprint density at radius 3 is 2.92 bits per heavy atom. The average Bonchev–Trinajstić information content (AvgIpc) is 2.45. The Morgan fingerprint density at radius 1 is 1.46 bits per heavy atom. The van der Waals surface area contributed by atoms with Crippen LogP contribution in [-0.2, 0) is 11.8 Å². The molecule has 1 aromatic rings. The highest BCUT2D eigenvalue weighted by atomic mass is 16.7. The van der Waals surface area contributed by atoms with Gasteiger partial charge in [-0.2, -0.15) is 0 Å². The van der Waals surface area contributed by atoms with E-state index in [9.17, 15) is 0 Å². The summed E-state index contributed by atoms with van der Waals surface area (Å²) in [5, 5.41) is 4.22. The fraction of sp³-hybridized carbons (Fsp3) is 0.700. The summed E-state index contributed by atoms with van der Waals surface area (Å²) in [7, 11) is 0. The maximum absolute atomic E-state index is 5.40. The molecule has 72 valence electrons. The molecule has 0 saturated carbocycles. The number of fused-ring (bicyclic) bond motifs is 1. The van der Waals surface area contributed by atoms with Gasteiger partial charge in [-0.3, -0.25) is 0 Å². The van der Waals surface area contributed by atoms with E-state index in [4.69, 9.17) is 4.84 Å². The Bertz CT molecular complexity index is 309. The van der Waals surface area contributed by atoms with Gasteiger partial charge in [-0.15, -0.1) is 9.94 Å². The van der Waals surface area contributed by atoms with E-state index < -0.39 is 0 Å². The minimum atomic E-state index is 0.175. The smallest absolute Gasteiger partial charge is 0.117 e. The van der Waals surface area contributed by atoms with Gasteiger partial charge in [0.05, 0.1) is 11.9 Å². The molecule has 0 spiro atoms. The molecule has 1 aromatic heterocycles. The van der Waals surface area contributed by atoms with Crippen molar-refractivity contribution < 1.29 is 4.84 Å². The minimum Gasteiger partial charge on any atom is -0.396 e. The molecule has 2 heterocycles. The Labute approximate surface area is 78.7 Å². The van der Waals surface area contributed by atoms with Gasteiger partial charge in [0.2, 0.25) is 0 Å². The molecule has 0 aromatic carbocycles. The number of hydrogen-bond donors (Lipinski definition) is 0. The van der Waals surface area contributed by atoms with E-state index in [2.05, 4.69) is 25.9 Å². The normalized spacial score (nSPS) is 16.5. The van der Waals surface area contributed by atoms with Crippen molar-refractivity contribution in [1.29, 1.82) is 0 Å². The van der Waals surface area contributed by atoms with Gasteiger partial charge < -0.3 is 4.84 Å². The third kappa shape index (κ3) is 1.43. The summed E-state index contributed by atoms with van der Waals surface area (Å²) >= 11 is 0. The van der Waals surface area contributed by atoms with Crippen LogP contribution in [0, 0.1) is 0 Å². The molecule has 13 heavy (non-hydrogen) atoms. The lowest BCUT2D eigenvalue weighted by atomic mass is 9.86. The summed E-state index contributed by atoms with van der Waals surface area (Å²) in [6, 6.07) is 0. The third-order valence-corrected chi connectivity index (χ3v) is 2.41. The van der Waals surface area contributed by atoms with Crippen molar-refractivity contribution in [2.45, 2.75) is 39.0 Å². The van der Waals surface area contributed by atoms with Crippen molar-refractivity contribution in [2.75, 3.05) is 6.61 Å². The molecule has 1 aliphatic heterocycles. The highest BCUT2D eigenvalue weighted by Gasteiger charge is 2.24. The van der Waals surface area contributed by atoms with Crippen molar-refractivity contribution in [1.82, 2.24) is 9.94 Å². The van der Waals surface area contributed by atoms with Crippen molar-refractivity contribution in [3.8, 4) is 0 Å². The molecule has 0 fully saturated rings. The number of aromatic nitrogens is 2. The number of rotatable bonds is 0. The predicted octanol–water partition coefficient (Wildman–Crippen LogP) is 1.56. The van der Waals surface area contributed by atoms with Crippen LogP contribution < -0.4 is 4.84 Å². The first-order valence-corrected chi connectivity index (χ1v) is 4.80. The summed E-state index contributed by atoms with van der Waals surface area (Å²) < 4.78 is 0. The van der Waals surface area contributed by atoms with Crippen LogP contribution in [0.3, 0.4) is 0 Å². The van der Waals surface area contributed by atoms with Gasteiger partial charge in [0.15, 0.2) is 0 Å². The van der Waals surface area contributed by atoms with Crippen LogP contribution in [0.4, 0.5) is 0 Å². The molecule has 0 radical (unpaired) electrons. The van der Waals surface area contributed by atoms with E-state index in [0.29, 0.717) is 0 Å². The van der Waals surface area contributed by atoms with Gasteiger partial charge in [0.1, 0.15) is 6.61 Å². The Kier molecular flexibility index (Phi) is 1.82. The molecular formula is C10H16N2O. The molecule has 1 aliphatic rings. The SMILES string of the molecule is CC(C)(C)c1cnn2c1CCCO2. The summed E-state index contributed by atoms with van der Waals surface area (Å²) in [6.45, 7) is 7.41. The Hall–Kier alpha value is -0.990. The van der Waals surface area contributed by atoms with Crippen molar-refractivity contribution in [3.05, 3.63) is 17.5 Å². The van der Waals surface area contributed by atoms with Gasteiger partial charge in [-0.05, 0) is 18.3 Å². The zero-order valence-electron chi connectivity index (χ0n) is 8.50. The summed E-state index contributed by atoms with van der Waals surface area (Å²) in [4.78, 5) is 7.09. The summed E-state index contributed by atoms with van der Waals surface area (Å²) in [5.41, 5.74) is 2.74. The van der Waals surface area contributed by atoms with Crippen LogP contribution in [0.2, 0.25) is 0 Å². The summed E-state index contributed by atoms with van der Waals surface area (Å²) in [6.07, 6.45) is 4.13. The van der Waals surface area contributed by atoms with Crippen LogP contribution in [-0.4, -0.2) is 16.6 Å². The maximum atomic E-state index is 5.40. The summed E-state index contributed by atoms with van der Waals surface area (Å²) in [5.74, 6) is 0. The molecule has 0 N–H and O–H groups in total. The van der Waals surface area contributed by atoms with Crippen molar-refractivity contribution in [2.24, 2.45) is 0 Å². The second kappa shape index (κ2) is 2.76. The quantitative estimate of drug-likeness (QED) is 0.605. The van der Waals surface area contributed by atoms with E-state index in [-0.39, 0.29) is 5.41 Å². The molecular weight excluding hydrogens is 164 g/mol. The fourth-order valence-corrected chi connectivity index (χ4v) is 1.72. The predicted molar refractivity (Wildman–Crippen MR) is 50.7 cm³/mol. The van der Waals surface area contributed by atoms with Crippen molar-refractivity contribution in [3.63, 3.8) is 0 Å². The topological polar surface area (TPSA) is 27.1 Å². The molecule has 2 rings (SSSR count). The molecule has 0 unspecified atom stereocenters. The van der Waals surface area contributed by atoms with Crippen LogP contribution >= 0.6 is 0 Å². The monoisotopic (exact) mass is 180 g/mol. The van der Waals surface area contributed by atoms with Gasteiger partial charge in [-0.25, -0.2) is 0 Å². The largest absolute Gasteiger partial charge is 0.396 e. The van der Waals surface area contributed by atoms with Crippen LogP contribution in [0.15, 0.2) is 6.20 Å². The lowest BCUT2D eigenvalue weighted by Crippen LogP contribution is -2.25. The highest BCUT2D eigenvalue weighted by Crippen LogP contribution is 2.27. The van der Waals surface area contributed by atoms with Crippen molar-refractivity contribution >= 4 is 0 Å². The zero-order valence-corrected chi connectivity index (χ0v) is 8.50. The van der Waals surface area contributed by atoms with E-state index >= 15 is 0 Å². The lowest BCUT2D eigenvalue weighted by molar-refractivity contribution is 0.0550. The molecule has 3 nitrogen and oxygen atoms in total. The van der Waals surface area contributed by atoms with E-state index in [1.54, 1.807) is 4.85 Å². The third-order valence-electron chi connectivity index (χ3n) is 2.41.